The fourth-order valence-corrected chi connectivity index (χ4v) is 2.19. The quantitative estimate of drug-likeness (QED) is 0.438. The number of nitro benzene ring substituents is 1. The van der Waals surface area contributed by atoms with Crippen molar-refractivity contribution in [1.29, 1.82) is 0 Å². The molecule has 3 rings (SSSR count). The van der Waals surface area contributed by atoms with Crippen LogP contribution in [0.1, 0.15) is 0 Å². The molecule has 0 fully saturated rings. The van der Waals surface area contributed by atoms with Crippen LogP contribution in [0.5, 0.6) is 5.75 Å². The molecule has 20 heavy (non-hydrogen) atoms. The van der Waals surface area contributed by atoms with Gasteiger partial charge in [-0.1, -0.05) is 0 Å². The first-order valence-corrected chi connectivity index (χ1v) is 5.91. The predicted molar refractivity (Wildman–Crippen MR) is 76.9 cm³/mol. The van der Waals surface area contributed by atoms with E-state index in [1.165, 1.54) is 12.1 Å². The van der Waals surface area contributed by atoms with Crippen molar-refractivity contribution in [3.05, 3.63) is 46.5 Å². The van der Waals surface area contributed by atoms with Crippen molar-refractivity contribution in [2.75, 3.05) is 12.8 Å². The lowest BCUT2D eigenvalue weighted by Crippen LogP contribution is -1.95. The van der Waals surface area contributed by atoms with Crippen molar-refractivity contribution >= 4 is 33.2 Å². The van der Waals surface area contributed by atoms with Gasteiger partial charge in [0, 0.05) is 29.0 Å². The normalized spacial score (nSPS) is 10.8. The fourth-order valence-electron chi connectivity index (χ4n) is 2.19. The molecule has 0 amide bonds. The molecule has 0 radical (unpaired) electrons. The molecule has 0 aliphatic carbocycles. The molecule has 100 valence electrons. The molecule has 2 aromatic carbocycles. The van der Waals surface area contributed by atoms with Crippen LogP contribution in [0, 0.1) is 10.1 Å². The van der Waals surface area contributed by atoms with E-state index < -0.39 is 4.92 Å². The van der Waals surface area contributed by atoms with E-state index in [0.29, 0.717) is 27.9 Å². The number of pyridine rings is 1. The standard InChI is InChI=1S/C14H11N3O3/c1-20-9-3-5-11-13(7-9)16-12-6-8(17(18)19)2-4-10(12)14(11)15/h2-7H,1H3,(H2,15,16). The number of benzene rings is 2. The number of non-ortho nitro benzene ring substituents is 1. The molecule has 0 bridgehead atoms. The number of hydrogen-bond acceptors (Lipinski definition) is 5. The van der Waals surface area contributed by atoms with E-state index in [0.717, 1.165) is 5.39 Å². The molecule has 0 aliphatic heterocycles. The summed E-state index contributed by atoms with van der Waals surface area (Å²) in [7, 11) is 1.57. The predicted octanol–water partition coefficient (Wildman–Crippen LogP) is 2.89. The minimum absolute atomic E-state index is 0.00774. The van der Waals surface area contributed by atoms with E-state index in [4.69, 9.17) is 10.5 Å². The summed E-state index contributed by atoms with van der Waals surface area (Å²) in [5, 5.41) is 12.3. The van der Waals surface area contributed by atoms with Gasteiger partial charge in [0.25, 0.3) is 5.69 Å². The second kappa shape index (κ2) is 4.34. The summed E-state index contributed by atoms with van der Waals surface area (Å²) in [5.41, 5.74) is 7.82. The van der Waals surface area contributed by atoms with Crippen molar-refractivity contribution in [2.24, 2.45) is 0 Å². The topological polar surface area (TPSA) is 91.3 Å². The molecule has 1 heterocycles. The largest absolute Gasteiger partial charge is 0.497 e. The number of rotatable bonds is 2. The number of methoxy groups -OCH3 is 1. The number of ether oxygens (including phenoxy) is 1. The Kier molecular flexibility index (Phi) is 2.64. The summed E-state index contributed by atoms with van der Waals surface area (Å²) < 4.78 is 5.15. The second-order valence-electron chi connectivity index (χ2n) is 4.37. The number of hydrogen-bond donors (Lipinski definition) is 1. The van der Waals surface area contributed by atoms with E-state index in [1.807, 2.05) is 6.07 Å². The number of anilines is 1. The molecule has 1 aromatic heterocycles. The summed E-state index contributed by atoms with van der Waals surface area (Å²) in [6.45, 7) is 0. The molecule has 0 saturated carbocycles. The Hall–Kier alpha value is -2.89. The molecule has 0 unspecified atom stereocenters. The van der Waals surface area contributed by atoms with Gasteiger partial charge in [-0.05, 0) is 18.2 Å². The van der Waals surface area contributed by atoms with Gasteiger partial charge in [0.05, 0.1) is 28.8 Å². The molecule has 2 N–H and O–H groups in total. The highest BCUT2D eigenvalue weighted by Crippen LogP contribution is 2.31. The molecule has 0 spiro atoms. The molecular weight excluding hydrogens is 258 g/mol. The van der Waals surface area contributed by atoms with Gasteiger partial charge in [-0.2, -0.15) is 0 Å². The van der Waals surface area contributed by atoms with E-state index in [9.17, 15) is 10.1 Å². The van der Waals surface area contributed by atoms with Crippen LogP contribution in [-0.2, 0) is 0 Å². The zero-order chi connectivity index (χ0) is 14.3. The maximum Gasteiger partial charge on any atom is 0.271 e. The van der Waals surface area contributed by atoms with Gasteiger partial charge >= 0.3 is 0 Å². The number of nitrogens with zero attached hydrogens (tertiary/aromatic N) is 2. The molecule has 6 heteroatoms. The highest BCUT2D eigenvalue weighted by Gasteiger charge is 2.11. The number of nitrogens with two attached hydrogens (primary N) is 1. The average molecular weight is 269 g/mol. The molecule has 3 aromatic rings. The smallest absolute Gasteiger partial charge is 0.271 e. The number of fused-ring (bicyclic) bond motifs is 2. The third-order valence-electron chi connectivity index (χ3n) is 3.22. The highest BCUT2D eigenvalue weighted by molar-refractivity contribution is 6.07. The zero-order valence-electron chi connectivity index (χ0n) is 10.7. The minimum atomic E-state index is -0.451. The van der Waals surface area contributed by atoms with Gasteiger partial charge in [0.15, 0.2) is 0 Å². The van der Waals surface area contributed by atoms with Crippen LogP contribution in [0.25, 0.3) is 21.8 Å². The Morgan fingerprint density at radius 3 is 2.45 bits per heavy atom. The lowest BCUT2D eigenvalue weighted by atomic mass is 10.1. The Morgan fingerprint density at radius 1 is 1.15 bits per heavy atom. The summed E-state index contributed by atoms with van der Waals surface area (Å²) in [6, 6.07) is 9.86. The first kappa shape index (κ1) is 12.2. The SMILES string of the molecule is COc1ccc2c(N)c3ccc([N+](=O)[O-])cc3nc2c1. The Bertz CT molecular complexity index is 846. The Labute approximate surface area is 113 Å². The summed E-state index contributed by atoms with van der Waals surface area (Å²) in [6.07, 6.45) is 0. The van der Waals surface area contributed by atoms with Gasteiger partial charge in [0.2, 0.25) is 0 Å². The van der Waals surface area contributed by atoms with Crippen molar-refractivity contribution < 1.29 is 9.66 Å². The maximum atomic E-state index is 10.8. The maximum absolute atomic E-state index is 10.8. The monoisotopic (exact) mass is 269 g/mol. The van der Waals surface area contributed by atoms with Crippen LogP contribution < -0.4 is 10.5 Å². The van der Waals surface area contributed by atoms with Crippen LogP contribution in [0.2, 0.25) is 0 Å². The first-order valence-electron chi connectivity index (χ1n) is 5.91. The van der Waals surface area contributed by atoms with Crippen LogP contribution >= 0.6 is 0 Å². The van der Waals surface area contributed by atoms with Gasteiger partial charge in [0.1, 0.15) is 5.75 Å². The van der Waals surface area contributed by atoms with Crippen molar-refractivity contribution in [3.8, 4) is 5.75 Å². The molecule has 6 nitrogen and oxygen atoms in total. The van der Waals surface area contributed by atoms with Gasteiger partial charge < -0.3 is 10.5 Å². The third-order valence-corrected chi connectivity index (χ3v) is 3.22. The van der Waals surface area contributed by atoms with Crippen LogP contribution in [-0.4, -0.2) is 17.0 Å². The van der Waals surface area contributed by atoms with Crippen molar-refractivity contribution in [2.45, 2.75) is 0 Å². The number of nitrogen functional groups attached to an aromatic ring is 1. The number of nitro groups is 1. The Morgan fingerprint density at radius 2 is 1.80 bits per heavy atom. The molecule has 0 aliphatic rings. The minimum Gasteiger partial charge on any atom is -0.497 e. The van der Waals surface area contributed by atoms with Crippen molar-refractivity contribution in [1.82, 2.24) is 4.98 Å². The zero-order valence-corrected chi connectivity index (χ0v) is 10.7. The Balaban J connectivity index is 2.37. The summed E-state index contributed by atoms with van der Waals surface area (Å²) >= 11 is 0. The molecule has 0 saturated heterocycles. The van der Waals surface area contributed by atoms with Gasteiger partial charge in [-0.25, -0.2) is 4.98 Å². The number of aromatic nitrogens is 1. The van der Waals surface area contributed by atoms with E-state index >= 15 is 0 Å². The fraction of sp³-hybridized carbons (Fsp3) is 0.0714. The third kappa shape index (κ3) is 1.78. The average Bonchev–Trinajstić information content (AvgIpc) is 2.46. The first-order chi connectivity index (χ1) is 9.60. The lowest BCUT2D eigenvalue weighted by molar-refractivity contribution is -0.384. The van der Waals surface area contributed by atoms with E-state index in [-0.39, 0.29) is 5.69 Å². The van der Waals surface area contributed by atoms with Crippen LogP contribution in [0.15, 0.2) is 36.4 Å². The van der Waals surface area contributed by atoms with Gasteiger partial charge in [-0.3, -0.25) is 10.1 Å². The second-order valence-corrected chi connectivity index (χ2v) is 4.37. The van der Waals surface area contributed by atoms with Gasteiger partial charge in [-0.15, -0.1) is 0 Å². The van der Waals surface area contributed by atoms with Crippen LogP contribution in [0.4, 0.5) is 11.4 Å². The van der Waals surface area contributed by atoms with Crippen molar-refractivity contribution in [3.63, 3.8) is 0 Å². The van der Waals surface area contributed by atoms with Crippen LogP contribution in [0.3, 0.4) is 0 Å². The molecular formula is C14H11N3O3. The van der Waals surface area contributed by atoms with E-state index in [2.05, 4.69) is 4.98 Å². The lowest BCUT2D eigenvalue weighted by Gasteiger charge is -2.08. The van der Waals surface area contributed by atoms with E-state index in [1.54, 1.807) is 25.3 Å². The molecule has 0 atom stereocenters. The highest BCUT2D eigenvalue weighted by atomic mass is 16.6. The summed E-state index contributed by atoms with van der Waals surface area (Å²) in [5.74, 6) is 0.661. The summed E-state index contributed by atoms with van der Waals surface area (Å²) in [4.78, 5) is 14.8.